The van der Waals surface area contributed by atoms with E-state index in [2.05, 4.69) is 37.3 Å². The molecule has 1 aromatic heterocycles. The van der Waals surface area contributed by atoms with Gasteiger partial charge in [-0.1, -0.05) is 20.3 Å². The van der Waals surface area contributed by atoms with Crippen LogP contribution in [0, 0.1) is 12.8 Å². The van der Waals surface area contributed by atoms with Crippen molar-refractivity contribution in [2.75, 3.05) is 13.1 Å². The van der Waals surface area contributed by atoms with E-state index in [9.17, 15) is 0 Å². The lowest BCUT2D eigenvalue weighted by atomic mass is 9.97. The number of hydrogen-bond donors (Lipinski definition) is 1. The van der Waals surface area contributed by atoms with E-state index < -0.39 is 0 Å². The lowest BCUT2D eigenvalue weighted by Crippen LogP contribution is -2.25. The molecular weight excluding hydrogens is 210 g/mol. The molecule has 0 aromatic carbocycles. The van der Waals surface area contributed by atoms with Crippen molar-refractivity contribution in [1.82, 2.24) is 15.1 Å². The first-order valence-electron chi connectivity index (χ1n) is 6.87. The zero-order chi connectivity index (χ0) is 12.7. The number of rotatable bonds is 8. The van der Waals surface area contributed by atoms with Crippen molar-refractivity contribution in [2.24, 2.45) is 13.0 Å². The van der Waals surface area contributed by atoms with Crippen molar-refractivity contribution in [3.05, 3.63) is 17.5 Å². The fraction of sp³-hybridized carbons (Fsp3) is 0.786. The van der Waals surface area contributed by atoms with Gasteiger partial charge < -0.3 is 5.32 Å². The quantitative estimate of drug-likeness (QED) is 0.705. The molecule has 1 heterocycles. The molecule has 1 aromatic rings. The number of nitrogens with zero attached hydrogens (tertiary/aromatic N) is 2. The Kier molecular flexibility index (Phi) is 6.27. The van der Waals surface area contributed by atoms with Gasteiger partial charge in [0.25, 0.3) is 0 Å². The summed E-state index contributed by atoms with van der Waals surface area (Å²) in [6.45, 7) is 8.80. The molecule has 0 radical (unpaired) electrons. The minimum absolute atomic E-state index is 0.737. The zero-order valence-corrected chi connectivity index (χ0v) is 11.8. The molecule has 1 N–H and O–H groups in total. The van der Waals surface area contributed by atoms with Crippen LogP contribution in [0.15, 0.2) is 6.07 Å². The molecule has 98 valence electrons. The van der Waals surface area contributed by atoms with Crippen molar-refractivity contribution in [1.29, 1.82) is 0 Å². The Morgan fingerprint density at radius 2 is 2.12 bits per heavy atom. The molecule has 1 rings (SSSR count). The van der Waals surface area contributed by atoms with E-state index in [1.807, 2.05) is 11.7 Å². The molecule has 0 saturated heterocycles. The van der Waals surface area contributed by atoms with Crippen LogP contribution < -0.4 is 5.32 Å². The summed E-state index contributed by atoms with van der Waals surface area (Å²) in [7, 11) is 2.05. The maximum atomic E-state index is 4.42. The van der Waals surface area contributed by atoms with Gasteiger partial charge in [-0.2, -0.15) is 5.10 Å². The SMILES string of the molecule is CCCNCC(CCC)Cc1cc(C)nn1C. The van der Waals surface area contributed by atoms with E-state index >= 15 is 0 Å². The smallest absolute Gasteiger partial charge is 0.0596 e. The van der Waals surface area contributed by atoms with E-state index in [-0.39, 0.29) is 0 Å². The van der Waals surface area contributed by atoms with E-state index in [0.29, 0.717) is 0 Å². The van der Waals surface area contributed by atoms with Crippen molar-refractivity contribution in [2.45, 2.75) is 46.5 Å². The largest absolute Gasteiger partial charge is 0.316 e. The average Bonchev–Trinajstić information content (AvgIpc) is 2.58. The molecule has 3 nitrogen and oxygen atoms in total. The summed E-state index contributed by atoms with van der Waals surface area (Å²) in [6.07, 6.45) is 4.90. The summed E-state index contributed by atoms with van der Waals surface area (Å²) in [5.74, 6) is 0.737. The molecule has 0 fully saturated rings. The number of aryl methyl sites for hydroxylation is 2. The third kappa shape index (κ3) is 4.90. The Hall–Kier alpha value is -0.830. The normalized spacial score (nSPS) is 12.9. The van der Waals surface area contributed by atoms with Crippen LogP contribution in [-0.4, -0.2) is 22.9 Å². The second kappa shape index (κ2) is 7.49. The van der Waals surface area contributed by atoms with Gasteiger partial charge in [0.05, 0.1) is 5.69 Å². The Morgan fingerprint density at radius 1 is 1.35 bits per heavy atom. The fourth-order valence-electron chi connectivity index (χ4n) is 2.32. The minimum atomic E-state index is 0.737. The van der Waals surface area contributed by atoms with Crippen LogP contribution in [0.3, 0.4) is 0 Å². The first kappa shape index (κ1) is 14.2. The van der Waals surface area contributed by atoms with E-state index in [0.717, 1.165) is 31.1 Å². The third-order valence-corrected chi connectivity index (χ3v) is 3.15. The topological polar surface area (TPSA) is 29.9 Å². The molecular formula is C14H27N3. The first-order valence-corrected chi connectivity index (χ1v) is 6.87. The van der Waals surface area contributed by atoms with Crippen LogP contribution in [0.5, 0.6) is 0 Å². The monoisotopic (exact) mass is 237 g/mol. The van der Waals surface area contributed by atoms with Gasteiger partial charge in [0.15, 0.2) is 0 Å². The van der Waals surface area contributed by atoms with Crippen LogP contribution in [0.25, 0.3) is 0 Å². The predicted molar refractivity (Wildman–Crippen MR) is 73.2 cm³/mol. The number of hydrogen-bond acceptors (Lipinski definition) is 2. The van der Waals surface area contributed by atoms with Gasteiger partial charge in [0, 0.05) is 12.7 Å². The second-order valence-electron chi connectivity index (χ2n) is 4.96. The molecule has 0 bridgehead atoms. The molecule has 0 aliphatic rings. The maximum Gasteiger partial charge on any atom is 0.0596 e. The second-order valence-corrected chi connectivity index (χ2v) is 4.96. The van der Waals surface area contributed by atoms with Gasteiger partial charge in [0.2, 0.25) is 0 Å². The van der Waals surface area contributed by atoms with Crippen LogP contribution in [0.2, 0.25) is 0 Å². The van der Waals surface area contributed by atoms with Gasteiger partial charge >= 0.3 is 0 Å². The number of aromatic nitrogens is 2. The Labute approximate surface area is 106 Å². The van der Waals surface area contributed by atoms with E-state index in [1.165, 1.54) is 25.0 Å². The first-order chi connectivity index (χ1) is 8.17. The summed E-state index contributed by atoms with van der Waals surface area (Å²) in [4.78, 5) is 0. The maximum absolute atomic E-state index is 4.42. The summed E-state index contributed by atoms with van der Waals surface area (Å²) < 4.78 is 2.03. The molecule has 0 aliphatic carbocycles. The fourth-order valence-corrected chi connectivity index (χ4v) is 2.32. The summed E-state index contributed by atoms with van der Waals surface area (Å²) in [6, 6.07) is 2.21. The highest BCUT2D eigenvalue weighted by atomic mass is 15.3. The average molecular weight is 237 g/mol. The predicted octanol–water partition coefficient (Wildman–Crippen LogP) is 2.69. The van der Waals surface area contributed by atoms with Crippen molar-refractivity contribution < 1.29 is 0 Å². The van der Waals surface area contributed by atoms with E-state index in [4.69, 9.17) is 0 Å². The van der Waals surface area contributed by atoms with Gasteiger partial charge in [0.1, 0.15) is 0 Å². The van der Waals surface area contributed by atoms with Gasteiger partial charge in [-0.25, -0.2) is 0 Å². The Morgan fingerprint density at radius 3 is 2.65 bits per heavy atom. The highest BCUT2D eigenvalue weighted by Gasteiger charge is 2.11. The molecule has 1 atom stereocenters. The highest BCUT2D eigenvalue weighted by Crippen LogP contribution is 2.14. The van der Waals surface area contributed by atoms with Crippen LogP contribution >= 0.6 is 0 Å². The van der Waals surface area contributed by atoms with Crippen molar-refractivity contribution in [3.63, 3.8) is 0 Å². The van der Waals surface area contributed by atoms with Crippen molar-refractivity contribution in [3.8, 4) is 0 Å². The molecule has 0 aliphatic heterocycles. The molecule has 17 heavy (non-hydrogen) atoms. The van der Waals surface area contributed by atoms with Crippen LogP contribution in [0.1, 0.15) is 44.5 Å². The molecule has 1 unspecified atom stereocenters. The summed E-state index contributed by atoms with van der Waals surface area (Å²) >= 11 is 0. The molecule has 3 heteroatoms. The molecule has 0 saturated carbocycles. The van der Waals surface area contributed by atoms with Crippen molar-refractivity contribution >= 4 is 0 Å². The standard InChI is InChI=1S/C14H27N3/c1-5-7-13(11-15-8-6-2)10-14-9-12(3)16-17(14)4/h9,13,15H,5-8,10-11H2,1-4H3. The lowest BCUT2D eigenvalue weighted by molar-refractivity contribution is 0.428. The third-order valence-electron chi connectivity index (χ3n) is 3.15. The summed E-state index contributed by atoms with van der Waals surface area (Å²) in [5, 5.41) is 7.95. The highest BCUT2D eigenvalue weighted by molar-refractivity contribution is 5.09. The summed E-state index contributed by atoms with van der Waals surface area (Å²) in [5.41, 5.74) is 2.48. The van der Waals surface area contributed by atoms with E-state index in [1.54, 1.807) is 0 Å². The van der Waals surface area contributed by atoms with Gasteiger partial charge in [-0.3, -0.25) is 4.68 Å². The Balaban J connectivity index is 2.50. The zero-order valence-electron chi connectivity index (χ0n) is 11.8. The van der Waals surface area contributed by atoms with Gasteiger partial charge in [-0.15, -0.1) is 0 Å². The molecule has 0 spiro atoms. The Bertz CT molecular complexity index is 317. The minimum Gasteiger partial charge on any atom is -0.316 e. The number of nitrogens with one attached hydrogen (secondary N) is 1. The van der Waals surface area contributed by atoms with Gasteiger partial charge in [-0.05, 0) is 51.3 Å². The molecule has 0 amide bonds. The van der Waals surface area contributed by atoms with Crippen LogP contribution in [0.4, 0.5) is 0 Å². The lowest BCUT2D eigenvalue weighted by Gasteiger charge is -2.16. The van der Waals surface area contributed by atoms with Crippen LogP contribution in [-0.2, 0) is 13.5 Å².